The lowest BCUT2D eigenvalue weighted by molar-refractivity contribution is -0.126. The van der Waals surface area contributed by atoms with Gasteiger partial charge in [-0.2, -0.15) is 0 Å². The van der Waals surface area contributed by atoms with Crippen LogP contribution in [0.3, 0.4) is 0 Å². The number of carbonyl (C=O) groups excluding carboxylic acids is 1. The summed E-state index contributed by atoms with van der Waals surface area (Å²) in [5, 5.41) is 2.96. The summed E-state index contributed by atoms with van der Waals surface area (Å²) in [6.07, 6.45) is 4.65. The van der Waals surface area contributed by atoms with Gasteiger partial charge in [0.1, 0.15) is 5.82 Å². The molecule has 4 heteroatoms. The second kappa shape index (κ2) is 7.39. The normalized spacial score (nSPS) is 22.5. The first kappa shape index (κ1) is 15.0. The Balaban J connectivity index is 1.70. The summed E-state index contributed by atoms with van der Waals surface area (Å²) in [4.78, 5) is 12.0. The van der Waals surface area contributed by atoms with Crippen LogP contribution < -0.4 is 11.1 Å². The predicted molar refractivity (Wildman–Crippen MR) is 77.6 cm³/mol. The van der Waals surface area contributed by atoms with Crippen molar-refractivity contribution in [1.29, 1.82) is 0 Å². The lowest BCUT2D eigenvalue weighted by atomic mass is 9.81. The first-order valence-electron chi connectivity index (χ1n) is 7.41. The molecule has 0 atom stereocenters. The van der Waals surface area contributed by atoms with Crippen molar-refractivity contribution in [2.45, 2.75) is 32.1 Å². The maximum Gasteiger partial charge on any atom is 0.223 e. The van der Waals surface area contributed by atoms with Gasteiger partial charge in [0, 0.05) is 12.5 Å². The van der Waals surface area contributed by atoms with E-state index in [0.717, 1.165) is 37.8 Å². The first-order chi connectivity index (χ1) is 9.69. The van der Waals surface area contributed by atoms with Crippen molar-refractivity contribution in [2.24, 2.45) is 17.6 Å². The number of amides is 1. The second-order valence-corrected chi connectivity index (χ2v) is 5.62. The Kier molecular flexibility index (Phi) is 5.53. The molecule has 0 spiro atoms. The van der Waals surface area contributed by atoms with E-state index >= 15 is 0 Å². The summed E-state index contributed by atoms with van der Waals surface area (Å²) < 4.78 is 13.0. The zero-order valence-corrected chi connectivity index (χ0v) is 11.8. The summed E-state index contributed by atoms with van der Waals surface area (Å²) in [5.74, 6) is 0.627. The molecule has 0 aromatic heterocycles. The fourth-order valence-electron chi connectivity index (χ4n) is 2.83. The van der Waals surface area contributed by atoms with Gasteiger partial charge in [0.15, 0.2) is 0 Å². The van der Waals surface area contributed by atoms with Crippen molar-refractivity contribution in [3.8, 4) is 0 Å². The van der Waals surface area contributed by atoms with E-state index in [1.807, 2.05) is 6.07 Å². The van der Waals surface area contributed by atoms with Crippen LogP contribution in [0.25, 0.3) is 0 Å². The molecule has 1 fully saturated rings. The average Bonchev–Trinajstić information content (AvgIpc) is 2.47. The van der Waals surface area contributed by atoms with E-state index in [4.69, 9.17) is 5.73 Å². The van der Waals surface area contributed by atoms with Crippen LogP contribution in [-0.2, 0) is 11.2 Å². The topological polar surface area (TPSA) is 55.1 Å². The number of halogens is 1. The number of hydrogen-bond donors (Lipinski definition) is 2. The number of rotatable bonds is 5. The lowest BCUT2D eigenvalue weighted by Gasteiger charge is -2.26. The van der Waals surface area contributed by atoms with Crippen LogP contribution in [0.1, 0.15) is 31.2 Å². The number of carbonyl (C=O) groups is 1. The highest BCUT2D eigenvalue weighted by molar-refractivity contribution is 5.78. The van der Waals surface area contributed by atoms with Crippen LogP contribution in [-0.4, -0.2) is 19.0 Å². The molecule has 2 rings (SSSR count). The molecule has 0 radical (unpaired) electrons. The highest BCUT2D eigenvalue weighted by Crippen LogP contribution is 2.28. The van der Waals surface area contributed by atoms with Gasteiger partial charge in [0.05, 0.1) is 0 Å². The molecule has 1 aliphatic rings. The zero-order chi connectivity index (χ0) is 14.4. The van der Waals surface area contributed by atoms with E-state index < -0.39 is 0 Å². The van der Waals surface area contributed by atoms with Gasteiger partial charge in [-0.15, -0.1) is 0 Å². The van der Waals surface area contributed by atoms with Crippen molar-refractivity contribution >= 4 is 5.91 Å². The molecule has 0 bridgehead atoms. The van der Waals surface area contributed by atoms with E-state index in [-0.39, 0.29) is 17.6 Å². The summed E-state index contributed by atoms with van der Waals surface area (Å²) in [6, 6.07) is 6.51. The maximum absolute atomic E-state index is 13.0. The average molecular weight is 278 g/mol. The Morgan fingerprint density at radius 1 is 1.30 bits per heavy atom. The van der Waals surface area contributed by atoms with Gasteiger partial charge in [-0.25, -0.2) is 4.39 Å². The van der Waals surface area contributed by atoms with Gasteiger partial charge < -0.3 is 11.1 Å². The van der Waals surface area contributed by atoms with Crippen LogP contribution in [0, 0.1) is 17.7 Å². The molecule has 1 aliphatic carbocycles. The quantitative estimate of drug-likeness (QED) is 0.868. The van der Waals surface area contributed by atoms with E-state index in [1.54, 1.807) is 6.07 Å². The summed E-state index contributed by atoms with van der Waals surface area (Å²) >= 11 is 0. The van der Waals surface area contributed by atoms with Gasteiger partial charge in [0.2, 0.25) is 5.91 Å². The first-order valence-corrected chi connectivity index (χ1v) is 7.41. The molecule has 0 heterocycles. The molecule has 3 N–H and O–H groups in total. The molecule has 3 nitrogen and oxygen atoms in total. The Bertz CT molecular complexity index is 442. The number of hydrogen-bond acceptors (Lipinski definition) is 2. The van der Waals surface area contributed by atoms with Crippen molar-refractivity contribution in [1.82, 2.24) is 5.32 Å². The van der Waals surface area contributed by atoms with Crippen molar-refractivity contribution in [3.05, 3.63) is 35.6 Å². The lowest BCUT2D eigenvalue weighted by Crippen LogP contribution is -2.35. The van der Waals surface area contributed by atoms with Crippen molar-refractivity contribution < 1.29 is 9.18 Å². The standard InChI is InChI=1S/C16H23FN2O/c17-15-3-1-2-12(10-15)8-9-19-16(20)14-6-4-13(11-18)5-7-14/h1-3,10,13-14H,4-9,11,18H2,(H,19,20). The highest BCUT2D eigenvalue weighted by Gasteiger charge is 2.25. The van der Waals surface area contributed by atoms with Gasteiger partial charge in [-0.3, -0.25) is 4.79 Å². The molecular weight excluding hydrogens is 255 g/mol. The Hall–Kier alpha value is -1.42. The molecule has 1 aromatic carbocycles. The van der Waals surface area contributed by atoms with Crippen LogP contribution in [0.15, 0.2) is 24.3 Å². The van der Waals surface area contributed by atoms with E-state index in [2.05, 4.69) is 5.32 Å². The molecule has 1 saturated carbocycles. The van der Waals surface area contributed by atoms with Crippen LogP contribution in [0.4, 0.5) is 4.39 Å². The van der Waals surface area contributed by atoms with Crippen molar-refractivity contribution in [2.75, 3.05) is 13.1 Å². The van der Waals surface area contributed by atoms with E-state index in [1.165, 1.54) is 12.1 Å². The SMILES string of the molecule is NCC1CCC(C(=O)NCCc2cccc(F)c2)CC1. The monoisotopic (exact) mass is 278 g/mol. The number of benzene rings is 1. The molecule has 1 aromatic rings. The molecule has 20 heavy (non-hydrogen) atoms. The zero-order valence-electron chi connectivity index (χ0n) is 11.8. The minimum absolute atomic E-state index is 0.130. The van der Waals surface area contributed by atoms with E-state index in [9.17, 15) is 9.18 Å². The second-order valence-electron chi connectivity index (χ2n) is 5.62. The predicted octanol–water partition coefficient (Wildman–Crippen LogP) is 2.25. The fourth-order valence-corrected chi connectivity index (χ4v) is 2.83. The number of nitrogens with one attached hydrogen (secondary N) is 1. The Labute approximate surface area is 119 Å². The molecule has 0 aliphatic heterocycles. The van der Waals surface area contributed by atoms with Crippen LogP contribution in [0.5, 0.6) is 0 Å². The maximum atomic E-state index is 13.0. The highest BCUT2D eigenvalue weighted by atomic mass is 19.1. The fraction of sp³-hybridized carbons (Fsp3) is 0.562. The molecular formula is C16H23FN2O. The summed E-state index contributed by atoms with van der Waals surface area (Å²) in [5.41, 5.74) is 6.56. The Morgan fingerprint density at radius 3 is 2.70 bits per heavy atom. The molecule has 0 unspecified atom stereocenters. The molecule has 1 amide bonds. The summed E-state index contributed by atoms with van der Waals surface area (Å²) in [6.45, 7) is 1.30. The third-order valence-electron chi connectivity index (χ3n) is 4.15. The molecule has 110 valence electrons. The largest absolute Gasteiger partial charge is 0.356 e. The van der Waals surface area contributed by atoms with Crippen molar-refractivity contribution in [3.63, 3.8) is 0 Å². The van der Waals surface area contributed by atoms with Gasteiger partial charge in [-0.05, 0) is 62.3 Å². The van der Waals surface area contributed by atoms with Gasteiger partial charge >= 0.3 is 0 Å². The van der Waals surface area contributed by atoms with Crippen LogP contribution in [0.2, 0.25) is 0 Å². The van der Waals surface area contributed by atoms with Gasteiger partial charge in [-0.1, -0.05) is 12.1 Å². The minimum atomic E-state index is -0.228. The van der Waals surface area contributed by atoms with E-state index in [0.29, 0.717) is 18.9 Å². The van der Waals surface area contributed by atoms with Gasteiger partial charge in [0.25, 0.3) is 0 Å². The molecule has 0 saturated heterocycles. The number of nitrogens with two attached hydrogens (primary N) is 1. The smallest absolute Gasteiger partial charge is 0.223 e. The third-order valence-corrected chi connectivity index (χ3v) is 4.15. The van der Waals surface area contributed by atoms with Crippen LogP contribution >= 0.6 is 0 Å². The third kappa shape index (κ3) is 4.30. The minimum Gasteiger partial charge on any atom is -0.356 e. The Morgan fingerprint density at radius 2 is 2.05 bits per heavy atom. The summed E-state index contributed by atoms with van der Waals surface area (Å²) in [7, 11) is 0.